The van der Waals surface area contributed by atoms with Gasteiger partial charge in [-0.25, -0.2) is 10.3 Å². The Labute approximate surface area is 227 Å². The minimum atomic E-state index is -1.05. The van der Waals surface area contributed by atoms with E-state index in [0.717, 1.165) is 11.1 Å². The maximum Gasteiger partial charge on any atom is 0.335 e. The maximum absolute atomic E-state index is 13.4. The van der Waals surface area contributed by atoms with Gasteiger partial charge in [-0.15, -0.1) is 0 Å². The summed E-state index contributed by atoms with van der Waals surface area (Å²) in [6.45, 7) is 3.95. The molecule has 5 N–H and O–H groups in total. The number of nitrogens with one attached hydrogen (secondary N) is 3. The van der Waals surface area contributed by atoms with Crippen LogP contribution in [0.5, 0.6) is 0 Å². The largest absolute Gasteiger partial charge is 0.478 e. The van der Waals surface area contributed by atoms with E-state index in [0.29, 0.717) is 17.5 Å². The minimum Gasteiger partial charge on any atom is -0.478 e. The Kier molecular flexibility index (Phi) is 10.3. The lowest BCUT2D eigenvalue weighted by molar-refractivity contribution is -0.136. The Morgan fingerprint density at radius 2 is 1.41 bits per heavy atom. The van der Waals surface area contributed by atoms with Gasteiger partial charge in [-0.2, -0.15) is 0 Å². The van der Waals surface area contributed by atoms with Gasteiger partial charge in [0, 0.05) is 18.9 Å². The summed E-state index contributed by atoms with van der Waals surface area (Å²) < 4.78 is 0. The second-order valence-corrected chi connectivity index (χ2v) is 9.72. The molecule has 0 spiro atoms. The van der Waals surface area contributed by atoms with Crippen LogP contribution in [0, 0.1) is 11.8 Å². The van der Waals surface area contributed by atoms with Crippen LogP contribution >= 0.6 is 0 Å². The van der Waals surface area contributed by atoms with E-state index < -0.39 is 35.7 Å². The third kappa shape index (κ3) is 8.51. The second-order valence-electron chi connectivity index (χ2n) is 9.72. The van der Waals surface area contributed by atoms with Crippen LogP contribution < -0.4 is 16.1 Å². The number of carboxylic acid groups (broad SMARTS) is 1. The Morgan fingerprint density at radius 3 is 1.97 bits per heavy atom. The fourth-order valence-electron chi connectivity index (χ4n) is 4.24. The molecule has 0 aliphatic carbocycles. The molecule has 204 valence electrons. The molecule has 3 aromatic carbocycles. The smallest absolute Gasteiger partial charge is 0.335 e. The number of aromatic carboxylic acids is 1. The second kappa shape index (κ2) is 13.9. The van der Waals surface area contributed by atoms with E-state index in [4.69, 9.17) is 10.3 Å². The quantitative estimate of drug-likeness (QED) is 0.176. The van der Waals surface area contributed by atoms with E-state index in [1.54, 1.807) is 29.7 Å². The number of carboxylic acids is 1. The number of amides is 3. The number of carbonyl (C=O) groups is 4. The summed E-state index contributed by atoms with van der Waals surface area (Å²) in [5.74, 6) is -3.33. The highest BCUT2D eigenvalue weighted by molar-refractivity contribution is 5.91. The van der Waals surface area contributed by atoms with Crippen LogP contribution in [0.25, 0.3) is 11.1 Å². The fraction of sp³-hybridized carbons (Fsp3) is 0.267. The van der Waals surface area contributed by atoms with Crippen molar-refractivity contribution in [2.24, 2.45) is 11.8 Å². The highest BCUT2D eigenvalue weighted by Gasteiger charge is 2.29. The van der Waals surface area contributed by atoms with Crippen molar-refractivity contribution in [3.05, 3.63) is 95.6 Å². The zero-order valence-electron chi connectivity index (χ0n) is 21.9. The van der Waals surface area contributed by atoms with Crippen molar-refractivity contribution in [1.29, 1.82) is 0 Å². The van der Waals surface area contributed by atoms with Gasteiger partial charge in [0.25, 0.3) is 0 Å². The normalized spacial score (nSPS) is 12.3. The molecule has 1 unspecified atom stereocenters. The van der Waals surface area contributed by atoms with Gasteiger partial charge in [-0.3, -0.25) is 19.6 Å². The first-order valence-corrected chi connectivity index (χ1v) is 12.7. The average molecular weight is 532 g/mol. The molecule has 0 aromatic heterocycles. The number of hydroxylamine groups is 1. The van der Waals surface area contributed by atoms with Gasteiger partial charge in [0.05, 0.1) is 5.56 Å². The SMILES string of the molecule is CC(C)C[C@H](CC(=O)NO)C(=O)NC(C(=O)NCc1ccc(C(=O)O)cc1)c1ccc(-c2ccccc2)cc1. The molecule has 3 amide bonds. The average Bonchev–Trinajstić information content (AvgIpc) is 2.94. The predicted octanol–water partition coefficient (Wildman–Crippen LogP) is 4.08. The molecular weight excluding hydrogens is 498 g/mol. The van der Waals surface area contributed by atoms with Crippen molar-refractivity contribution in [3.63, 3.8) is 0 Å². The standard InChI is InChI=1S/C30H33N3O6/c1-19(2)16-25(17-26(34)33-39)28(35)32-27(23-14-12-22(13-15-23)21-6-4-3-5-7-21)29(36)31-18-20-8-10-24(11-9-20)30(37)38/h3-15,19,25,27,39H,16-18H2,1-2H3,(H,31,36)(H,32,35)(H,33,34)(H,37,38)/t25-,27?/m1/s1. The van der Waals surface area contributed by atoms with Crippen molar-refractivity contribution in [3.8, 4) is 11.1 Å². The van der Waals surface area contributed by atoms with Crippen molar-refractivity contribution in [2.45, 2.75) is 39.3 Å². The molecule has 0 bridgehead atoms. The summed E-state index contributed by atoms with van der Waals surface area (Å²) in [5.41, 5.74) is 4.90. The summed E-state index contributed by atoms with van der Waals surface area (Å²) in [6.07, 6.45) is 0.161. The molecule has 3 rings (SSSR count). The van der Waals surface area contributed by atoms with E-state index in [-0.39, 0.29) is 24.4 Å². The zero-order chi connectivity index (χ0) is 28.4. The summed E-state index contributed by atoms with van der Waals surface area (Å²) in [5, 5.41) is 23.7. The van der Waals surface area contributed by atoms with E-state index in [9.17, 15) is 19.2 Å². The van der Waals surface area contributed by atoms with E-state index in [1.807, 2.05) is 56.3 Å². The lowest BCUT2D eigenvalue weighted by atomic mass is 9.92. The van der Waals surface area contributed by atoms with Crippen LogP contribution in [-0.4, -0.2) is 34.0 Å². The first-order chi connectivity index (χ1) is 18.7. The lowest BCUT2D eigenvalue weighted by Gasteiger charge is -2.23. The van der Waals surface area contributed by atoms with Crippen molar-refractivity contribution < 1.29 is 29.5 Å². The Morgan fingerprint density at radius 1 is 0.795 bits per heavy atom. The van der Waals surface area contributed by atoms with Gasteiger partial charge in [0.2, 0.25) is 17.7 Å². The Hall–Kier alpha value is -4.50. The molecule has 0 saturated heterocycles. The van der Waals surface area contributed by atoms with Crippen LogP contribution in [0.3, 0.4) is 0 Å². The maximum atomic E-state index is 13.4. The summed E-state index contributed by atoms with van der Waals surface area (Å²) in [6, 6.07) is 22.1. The van der Waals surface area contributed by atoms with Gasteiger partial charge in [0.1, 0.15) is 6.04 Å². The number of rotatable bonds is 12. The molecule has 0 heterocycles. The van der Waals surface area contributed by atoms with Crippen LogP contribution in [0.1, 0.15) is 54.2 Å². The molecule has 0 aliphatic heterocycles. The number of hydrogen-bond donors (Lipinski definition) is 5. The summed E-state index contributed by atoms with van der Waals surface area (Å²) in [4.78, 5) is 49.6. The first kappa shape index (κ1) is 29.1. The topological polar surface area (TPSA) is 145 Å². The minimum absolute atomic E-state index is 0.0958. The molecule has 0 radical (unpaired) electrons. The van der Waals surface area contributed by atoms with E-state index in [1.165, 1.54) is 12.1 Å². The molecule has 39 heavy (non-hydrogen) atoms. The Balaban J connectivity index is 1.83. The van der Waals surface area contributed by atoms with Gasteiger partial charge in [-0.05, 0) is 46.7 Å². The van der Waals surface area contributed by atoms with Crippen LogP contribution in [0.15, 0.2) is 78.9 Å². The van der Waals surface area contributed by atoms with E-state index in [2.05, 4.69) is 10.6 Å². The van der Waals surface area contributed by atoms with Crippen LogP contribution in [0.4, 0.5) is 0 Å². The molecular formula is C30H33N3O6. The molecule has 0 fully saturated rings. The molecule has 0 saturated carbocycles. The lowest BCUT2D eigenvalue weighted by Crippen LogP contribution is -2.43. The summed E-state index contributed by atoms with van der Waals surface area (Å²) >= 11 is 0. The zero-order valence-corrected chi connectivity index (χ0v) is 21.9. The van der Waals surface area contributed by atoms with Gasteiger partial charge < -0.3 is 15.7 Å². The predicted molar refractivity (Wildman–Crippen MR) is 146 cm³/mol. The van der Waals surface area contributed by atoms with Gasteiger partial charge in [0.15, 0.2) is 0 Å². The Bertz CT molecular complexity index is 1270. The van der Waals surface area contributed by atoms with Crippen molar-refractivity contribution >= 4 is 23.7 Å². The summed E-state index contributed by atoms with van der Waals surface area (Å²) in [7, 11) is 0. The first-order valence-electron chi connectivity index (χ1n) is 12.7. The van der Waals surface area contributed by atoms with Crippen molar-refractivity contribution in [2.75, 3.05) is 0 Å². The third-order valence-corrected chi connectivity index (χ3v) is 6.25. The number of hydrogen-bond acceptors (Lipinski definition) is 5. The van der Waals surface area contributed by atoms with Crippen LogP contribution in [-0.2, 0) is 20.9 Å². The van der Waals surface area contributed by atoms with Gasteiger partial charge >= 0.3 is 5.97 Å². The monoisotopic (exact) mass is 531 g/mol. The van der Waals surface area contributed by atoms with Crippen LogP contribution in [0.2, 0.25) is 0 Å². The van der Waals surface area contributed by atoms with Gasteiger partial charge in [-0.1, -0.05) is 80.6 Å². The highest BCUT2D eigenvalue weighted by atomic mass is 16.5. The molecule has 2 atom stereocenters. The molecule has 0 aliphatic rings. The number of benzene rings is 3. The highest BCUT2D eigenvalue weighted by Crippen LogP contribution is 2.24. The van der Waals surface area contributed by atoms with E-state index >= 15 is 0 Å². The molecule has 3 aromatic rings. The molecule has 9 heteroatoms. The third-order valence-electron chi connectivity index (χ3n) is 6.25. The fourth-order valence-corrected chi connectivity index (χ4v) is 4.24. The number of carbonyl (C=O) groups excluding carboxylic acids is 3. The molecule has 9 nitrogen and oxygen atoms in total. The van der Waals surface area contributed by atoms with Crippen molar-refractivity contribution in [1.82, 2.24) is 16.1 Å².